The third-order valence-corrected chi connectivity index (χ3v) is 3.90. The Hall–Kier alpha value is -3.41. The molecule has 0 aromatic heterocycles. The van der Waals surface area contributed by atoms with Gasteiger partial charge in [-0.15, -0.1) is 0 Å². The monoisotopic (exact) mass is 380 g/mol. The van der Waals surface area contributed by atoms with Crippen LogP contribution in [0.15, 0.2) is 60.7 Å². The fraction of sp³-hybridized carbons (Fsp3) is 0.182. The molecular weight excluding hydrogens is 359 g/mol. The van der Waals surface area contributed by atoms with Crippen molar-refractivity contribution in [3.8, 4) is 0 Å². The lowest BCUT2D eigenvalue weighted by Gasteiger charge is -2.20. The summed E-state index contributed by atoms with van der Waals surface area (Å²) in [6.45, 7) is 5.21. The highest BCUT2D eigenvalue weighted by Gasteiger charge is 2.19. The Morgan fingerprint density at radius 3 is 2.36 bits per heavy atom. The van der Waals surface area contributed by atoms with Crippen LogP contribution in [-0.4, -0.2) is 17.6 Å². The minimum atomic E-state index is -0.695. The van der Waals surface area contributed by atoms with Crippen LogP contribution in [0.3, 0.4) is 0 Å². The Bertz CT molecular complexity index is 1040. The Labute approximate surface area is 162 Å². The van der Waals surface area contributed by atoms with Gasteiger partial charge >= 0.3 is 6.09 Å². The number of nitrogens with one attached hydrogen (secondary N) is 2. The summed E-state index contributed by atoms with van der Waals surface area (Å²) in [5, 5.41) is 6.92. The smallest absolute Gasteiger partial charge is 0.412 e. The average Bonchev–Trinajstić information content (AvgIpc) is 2.62. The molecule has 0 radical (unpaired) electrons. The molecule has 0 saturated carbocycles. The van der Waals surface area contributed by atoms with Crippen molar-refractivity contribution in [2.24, 2.45) is 0 Å². The number of rotatable bonds is 3. The van der Waals surface area contributed by atoms with Gasteiger partial charge in [0, 0.05) is 5.56 Å². The van der Waals surface area contributed by atoms with Crippen LogP contribution in [0.25, 0.3) is 10.8 Å². The van der Waals surface area contributed by atoms with Gasteiger partial charge in [-0.05, 0) is 55.8 Å². The number of carbonyl (C=O) groups excluding carboxylic acids is 2. The fourth-order valence-electron chi connectivity index (χ4n) is 2.76. The molecule has 3 aromatic rings. The van der Waals surface area contributed by atoms with E-state index in [1.54, 1.807) is 32.9 Å². The molecule has 0 atom stereocenters. The first-order valence-corrected chi connectivity index (χ1v) is 8.81. The van der Waals surface area contributed by atoms with Crippen LogP contribution in [-0.2, 0) is 4.74 Å². The molecule has 0 aliphatic heterocycles. The molecule has 2 amide bonds. The number of halogens is 1. The van der Waals surface area contributed by atoms with Crippen LogP contribution in [0, 0.1) is 5.82 Å². The van der Waals surface area contributed by atoms with Crippen molar-refractivity contribution in [1.29, 1.82) is 0 Å². The summed E-state index contributed by atoms with van der Waals surface area (Å²) in [6.07, 6.45) is -0.695. The number of amides is 2. The molecule has 0 fully saturated rings. The molecule has 28 heavy (non-hydrogen) atoms. The third-order valence-electron chi connectivity index (χ3n) is 3.90. The summed E-state index contributed by atoms with van der Waals surface area (Å²) in [6, 6.07) is 16.6. The van der Waals surface area contributed by atoms with Crippen LogP contribution < -0.4 is 10.6 Å². The first-order valence-electron chi connectivity index (χ1n) is 8.81. The Morgan fingerprint density at radius 1 is 0.893 bits per heavy atom. The van der Waals surface area contributed by atoms with E-state index in [1.165, 1.54) is 12.1 Å². The molecule has 144 valence electrons. The predicted molar refractivity (Wildman–Crippen MR) is 108 cm³/mol. The summed E-state index contributed by atoms with van der Waals surface area (Å²) < 4.78 is 19.0. The highest BCUT2D eigenvalue weighted by atomic mass is 19.1. The van der Waals surface area contributed by atoms with Gasteiger partial charge in [-0.3, -0.25) is 10.1 Å². The minimum Gasteiger partial charge on any atom is -0.444 e. The number of anilines is 2. The molecule has 0 aliphatic carbocycles. The van der Waals surface area contributed by atoms with Crippen LogP contribution in [0.4, 0.5) is 20.6 Å². The van der Waals surface area contributed by atoms with Crippen molar-refractivity contribution < 1.29 is 18.7 Å². The second-order valence-electron chi connectivity index (χ2n) is 7.30. The van der Waals surface area contributed by atoms with Gasteiger partial charge in [0.25, 0.3) is 5.91 Å². The topological polar surface area (TPSA) is 67.4 Å². The SMILES string of the molecule is CC(C)(C)OC(=O)Nc1ccc(F)cc1NC(=O)c1cccc2ccccc12. The summed E-state index contributed by atoms with van der Waals surface area (Å²) >= 11 is 0. The molecule has 3 aromatic carbocycles. The number of benzene rings is 3. The molecule has 0 spiro atoms. The maximum atomic E-state index is 13.8. The van der Waals surface area contributed by atoms with E-state index in [4.69, 9.17) is 4.74 Å². The minimum absolute atomic E-state index is 0.142. The summed E-state index contributed by atoms with van der Waals surface area (Å²) in [5.41, 5.74) is 0.148. The highest BCUT2D eigenvalue weighted by molar-refractivity contribution is 6.14. The van der Waals surface area contributed by atoms with Crippen molar-refractivity contribution in [2.75, 3.05) is 10.6 Å². The van der Waals surface area contributed by atoms with Crippen molar-refractivity contribution in [3.05, 3.63) is 72.0 Å². The second-order valence-corrected chi connectivity index (χ2v) is 7.30. The zero-order chi connectivity index (χ0) is 20.3. The van der Waals surface area contributed by atoms with E-state index in [0.717, 1.165) is 16.8 Å². The zero-order valence-electron chi connectivity index (χ0n) is 15.9. The highest BCUT2D eigenvalue weighted by Crippen LogP contribution is 2.26. The van der Waals surface area contributed by atoms with Gasteiger partial charge in [0.05, 0.1) is 11.4 Å². The van der Waals surface area contributed by atoms with Crippen LogP contribution in [0.1, 0.15) is 31.1 Å². The zero-order valence-corrected chi connectivity index (χ0v) is 15.9. The van der Waals surface area contributed by atoms with Crippen molar-refractivity contribution >= 4 is 34.1 Å². The Balaban J connectivity index is 1.88. The Morgan fingerprint density at radius 2 is 1.61 bits per heavy atom. The normalized spacial score (nSPS) is 11.1. The van der Waals surface area contributed by atoms with Gasteiger partial charge < -0.3 is 10.1 Å². The first-order chi connectivity index (χ1) is 13.2. The quantitative estimate of drug-likeness (QED) is 0.623. The Kier molecular flexibility index (Phi) is 5.31. The molecule has 5 nitrogen and oxygen atoms in total. The molecule has 6 heteroatoms. The number of hydrogen-bond donors (Lipinski definition) is 2. The number of carbonyl (C=O) groups is 2. The maximum Gasteiger partial charge on any atom is 0.412 e. The lowest BCUT2D eigenvalue weighted by molar-refractivity contribution is 0.0635. The van der Waals surface area contributed by atoms with Gasteiger partial charge in [-0.25, -0.2) is 9.18 Å². The molecule has 0 unspecified atom stereocenters. The van der Waals surface area contributed by atoms with Gasteiger partial charge in [0.1, 0.15) is 11.4 Å². The molecule has 2 N–H and O–H groups in total. The lowest BCUT2D eigenvalue weighted by Crippen LogP contribution is -2.27. The van der Waals surface area contributed by atoms with E-state index in [1.807, 2.05) is 30.3 Å². The van der Waals surface area contributed by atoms with E-state index >= 15 is 0 Å². The molecule has 0 aliphatic rings. The largest absolute Gasteiger partial charge is 0.444 e. The van der Waals surface area contributed by atoms with E-state index < -0.39 is 23.4 Å². The lowest BCUT2D eigenvalue weighted by atomic mass is 10.0. The van der Waals surface area contributed by atoms with Gasteiger partial charge in [-0.2, -0.15) is 0 Å². The van der Waals surface area contributed by atoms with Crippen LogP contribution >= 0.6 is 0 Å². The third kappa shape index (κ3) is 4.65. The first kappa shape index (κ1) is 19.4. The predicted octanol–water partition coefficient (Wildman–Crippen LogP) is 5.58. The second kappa shape index (κ2) is 7.68. The number of fused-ring (bicyclic) bond motifs is 1. The molecule has 0 bridgehead atoms. The summed E-state index contributed by atoms with van der Waals surface area (Å²) in [7, 11) is 0. The van der Waals surface area contributed by atoms with Crippen molar-refractivity contribution in [1.82, 2.24) is 0 Å². The number of hydrogen-bond acceptors (Lipinski definition) is 3. The van der Waals surface area contributed by atoms with Crippen molar-refractivity contribution in [3.63, 3.8) is 0 Å². The fourth-order valence-corrected chi connectivity index (χ4v) is 2.76. The van der Waals surface area contributed by atoms with Gasteiger partial charge in [0.2, 0.25) is 0 Å². The summed E-state index contributed by atoms with van der Waals surface area (Å²) in [5.74, 6) is -0.947. The molecular formula is C22H21FN2O3. The standard InChI is InChI=1S/C22H21FN2O3/c1-22(2,3)28-21(27)25-18-12-11-15(23)13-19(18)24-20(26)17-10-6-8-14-7-4-5-9-16(14)17/h4-13H,1-3H3,(H,24,26)(H,25,27). The van der Waals surface area contributed by atoms with Gasteiger partial charge in [-0.1, -0.05) is 36.4 Å². The average molecular weight is 380 g/mol. The molecule has 0 heterocycles. The van der Waals surface area contributed by atoms with Crippen LogP contribution in [0.2, 0.25) is 0 Å². The van der Waals surface area contributed by atoms with E-state index in [-0.39, 0.29) is 11.4 Å². The van der Waals surface area contributed by atoms with E-state index in [0.29, 0.717) is 5.56 Å². The van der Waals surface area contributed by atoms with E-state index in [2.05, 4.69) is 10.6 Å². The van der Waals surface area contributed by atoms with E-state index in [9.17, 15) is 14.0 Å². The maximum absolute atomic E-state index is 13.8. The van der Waals surface area contributed by atoms with Gasteiger partial charge in [0.15, 0.2) is 0 Å². The van der Waals surface area contributed by atoms with Crippen LogP contribution in [0.5, 0.6) is 0 Å². The number of ether oxygens (including phenoxy) is 1. The summed E-state index contributed by atoms with van der Waals surface area (Å²) in [4.78, 5) is 24.9. The molecule has 3 rings (SSSR count). The van der Waals surface area contributed by atoms with Crippen molar-refractivity contribution in [2.45, 2.75) is 26.4 Å². The molecule has 0 saturated heterocycles.